The van der Waals surface area contributed by atoms with Crippen LogP contribution in [0.15, 0.2) is 30.3 Å². The molecule has 0 aromatic heterocycles. The second-order valence-corrected chi connectivity index (χ2v) is 4.66. The van der Waals surface area contributed by atoms with Gasteiger partial charge in [0.2, 0.25) is 0 Å². The fourth-order valence-electron chi connectivity index (χ4n) is 1.97. The van der Waals surface area contributed by atoms with Crippen LogP contribution < -0.4 is 0 Å². The molecule has 0 saturated heterocycles. The van der Waals surface area contributed by atoms with Crippen molar-refractivity contribution >= 4 is 5.57 Å². The van der Waals surface area contributed by atoms with Gasteiger partial charge in [-0.3, -0.25) is 0 Å². The SMILES string of the molecule is CCCC/C=C(\CCCC)c1ccc(C#N)cc1. The predicted molar refractivity (Wildman–Crippen MR) is 78.2 cm³/mol. The van der Waals surface area contributed by atoms with E-state index in [-0.39, 0.29) is 0 Å². The van der Waals surface area contributed by atoms with Crippen LogP contribution in [0.4, 0.5) is 0 Å². The van der Waals surface area contributed by atoms with Crippen molar-refractivity contribution in [2.45, 2.75) is 52.4 Å². The number of rotatable bonds is 7. The minimum Gasteiger partial charge on any atom is -0.192 e. The van der Waals surface area contributed by atoms with Gasteiger partial charge in [0.1, 0.15) is 0 Å². The summed E-state index contributed by atoms with van der Waals surface area (Å²) in [7, 11) is 0. The Morgan fingerprint density at radius 2 is 1.78 bits per heavy atom. The van der Waals surface area contributed by atoms with E-state index in [9.17, 15) is 0 Å². The maximum Gasteiger partial charge on any atom is 0.0991 e. The third-order valence-electron chi connectivity index (χ3n) is 3.13. The first-order chi connectivity index (χ1) is 8.81. The number of nitrogens with zero attached hydrogens (tertiary/aromatic N) is 1. The van der Waals surface area contributed by atoms with Crippen LogP contribution in [0.3, 0.4) is 0 Å². The molecule has 1 heteroatoms. The van der Waals surface area contributed by atoms with Crippen molar-refractivity contribution in [3.63, 3.8) is 0 Å². The molecule has 18 heavy (non-hydrogen) atoms. The molecule has 0 bridgehead atoms. The van der Waals surface area contributed by atoms with Crippen LogP contribution >= 0.6 is 0 Å². The van der Waals surface area contributed by atoms with Gasteiger partial charge in [0.05, 0.1) is 11.6 Å². The van der Waals surface area contributed by atoms with Crippen LogP contribution in [0.25, 0.3) is 5.57 Å². The van der Waals surface area contributed by atoms with E-state index in [4.69, 9.17) is 5.26 Å². The molecule has 1 rings (SSSR count). The number of benzene rings is 1. The second kappa shape index (κ2) is 8.53. The van der Waals surface area contributed by atoms with E-state index in [1.165, 1.54) is 36.8 Å². The van der Waals surface area contributed by atoms with Crippen LogP contribution in [-0.2, 0) is 0 Å². The van der Waals surface area contributed by atoms with Crippen molar-refractivity contribution in [2.75, 3.05) is 0 Å². The van der Waals surface area contributed by atoms with E-state index in [2.05, 4.69) is 38.1 Å². The Kier molecular flexibility index (Phi) is 6.87. The zero-order valence-electron chi connectivity index (χ0n) is 11.6. The summed E-state index contributed by atoms with van der Waals surface area (Å²) in [5.74, 6) is 0. The van der Waals surface area contributed by atoms with E-state index in [1.54, 1.807) is 0 Å². The van der Waals surface area contributed by atoms with Gasteiger partial charge in [0.15, 0.2) is 0 Å². The number of hydrogen-bond donors (Lipinski definition) is 0. The topological polar surface area (TPSA) is 23.8 Å². The van der Waals surface area contributed by atoms with Gasteiger partial charge in [-0.15, -0.1) is 0 Å². The number of unbranched alkanes of at least 4 members (excludes halogenated alkanes) is 3. The quantitative estimate of drug-likeness (QED) is 0.592. The molecule has 0 aliphatic heterocycles. The molecule has 0 atom stereocenters. The monoisotopic (exact) mass is 241 g/mol. The molecule has 0 unspecified atom stereocenters. The van der Waals surface area contributed by atoms with Crippen molar-refractivity contribution in [1.29, 1.82) is 5.26 Å². The fraction of sp³-hybridized carbons (Fsp3) is 0.471. The Hall–Kier alpha value is -1.55. The highest BCUT2D eigenvalue weighted by molar-refractivity contribution is 5.66. The summed E-state index contributed by atoms with van der Waals surface area (Å²) < 4.78 is 0. The molecule has 96 valence electrons. The summed E-state index contributed by atoms with van der Waals surface area (Å²) in [6.07, 6.45) is 9.64. The van der Waals surface area contributed by atoms with E-state index in [1.807, 2.05) is 12.1 Å². The van der Waals surface area contributed by atoms with Gasteiger partial charge in [-0.05, 0) is 42.5 Å². The van der Waals surface area contributed by atoms with Crippen molar-refractivity contribution in [3.05, 3.63) is 41.5 Å². The van der Waals surface area contributed by atoms with E-state index < -0.39 is 0 Å². The molecule has 0 aliphatic rings. The molecule has 1 aromatic rings. The molecule has 0 radical (unpaired) electrons. The van der Waals surface area contributed by atoms with Crippen molar-refractivity contribution < 1.29 is 0 Å². The molecule has 0 saturated carbocycles. The van der Waals surface area contributed by atoms with Gasteiger partial charge >= 0.3 is 0 Å². The van der Waals surface area contributed by atoms with Gasteiger partial charge < -0.3 is 0 Å². The average molecular weight is 241 g/mol. The Morgan fingerprint density at radius 3 is 2.33 bits per heavy atom. The molecule has 1 nitrogen and oxygen atoms in total. The van der Waals surface area contributed by atoms with Crippen LogP contribution in [-0.4, -0.2) is 0 Å². The molecule has 0 heterocycles. The largest absolute Gasteiger partial charge is 0.192 e. The third-order valence-corrected chi connectivity index (χ3v) is 3.13. The zero-order chi connectivity index (χ0) is 13.2. The summed E-state index contributed by atoms with van der Waals surface area (Å²) in [5.41, 5.74) is 3.45. The molecule has 1 aromatic carbocycles. The molecule has 0 N–H and O–H groups in total. The number of allylic oxidation sites excluding steroid dienone is 2. The highest BCUT2D eigenvalue weighted by atomic mass is 14.2. The van der Waals surface area contributed by atoms with Gasteiger partial charge in [-0.25, -0.2) is 0 Å². The Morgan fingerprint density at radius 1 is 1.11 bits per heavy atom. The first-order valence-electron chi connectivity index (χ1n) is 7.01. The second-order valence-electron chi connectivity index (χ2n) is 4.66. The number of nitriles is 1. The molecular formula is C17H23N. The van der Waals surface area contributed by atoms with Crippen molar-refractivity contribution in [3.8, 4) is 6.07 Å². The number of hydrogen-bond acceptors (Lipinski definition) is 1. The standard InChI is InChI=1S/C17H23N/c1-3-5-7-9-16(8-6-4-2)17-12-10-15(14-18)11-13-17/h9-13H,3-8H2,1-2H3/b16-9+. The lowest BCUT2D eigenvalue weighted by Gasteiger charge is -2.08. The van der Waals surface area contributed by atoms with Gasteiger partial charge in [-0.2, -0.15) is 5.26 Å². The smallest absolute Gasteiger partial charge is 0.0991 e. The lowest BCUT2D eigenvalue weighted by Crippen LogP contribution is -1.87. The first-order valence-corrected chi connectivity index (χ1v) is 7.01. The highest BCUT2D eigenvalue weighted by Crippen LogP contribution is 2.22. The lowest BCUT2D eigenvalue weighted by atomic mass is 9.97. The maximum absolute atomic E-state index is 8.82. The Bertz CT molecular complexity index is 406. The molecule has 0 spiro atoms. The van der Waals surface area contributed by atoms with Crippen LogP contribution in [0.1, 0.15) is 63.5 Å². The van der Waals surface area contributed by atoms with E-state index in [0.29, 0.717) is 0 Å². The minimum atomic E-state index is 0.738. The Balaban J connectivity index is 2.80. The fourth-order valence-corrected chi connectivity index (χ4v) is 1.97. The van der Waals surface area contributed by atoms with Gasteiger partial charge in [0, 0.05) is 0 Å². The minimum absolute atomic E-state index is 0.738. The third kappa shape index (κ3) is 4.75. The summed E-state index contributed by atoms with van der Waals surface area (Å²) >= 11 is 0. The Labute approximate surface area is 111 Å². The molecule has 0 amide bonds. The van der Waals surface area contributed by atoms with Crippen LogP contribution in [0.2, 0.25) is 0 Å². The molecular weight excluding hydrogens is 218 g/mol. The van der Waals surface area contributed by atoms with Crippen molar-refractivity contribution in [1.82, 2.24) is 0 Å². The predicted octanol–water partition coefficient (Wildman–Crippen LogP) is 5.32. The summed E-state index contributed by atoms with van der Waals surface area (Å²) in [4.78, 5) is 0. The van der Waals surface area contributed by atoms with Crippen LogP contribution in [0.5, 0.6) is 0 Å². The highest BCUT2D eigenvalue weighted by Gasteiger charge is 2.01. The summed E-state index contributed by atoms with van der Waals surface area (Å²) in [6.45, 7) is 4.45. The summed E-state index contributed by atoms with van der Waals surface area (Å²) in [5, 5.41) is 8.82. The first kappa shape index (κ1) is 14.5. The van der Waals surface area contributed by atoms with E-state index >= 15 is 0 Å². The lowest BCUT2D eigenvalue weighted by molar-refractivity contribution is 0.800. The van der Waals surface area contributed by atoms with Crippen LogP contribution in [0, 0.1) is 11.3 Å². The van der Waals surface area contributed by atoms with Crippen molar-refractivity contribution in [2.24, 2.45) is 0 Å². The summed E-state index contributed by atoms with van der Waals surface area (Å²) in [6, 6.07) is 10.1. The molecule has 0 fully saturated rings. The van der Waals surface area contributed by atoms with Gasteiger partial charge in [0.25, 0.3) is 0 Å². The average Bonchev–Trinajstić information content (AvgIpc) is 2.43. The molecule has 0 aliphatic carbocycles. The maximum atomic E-state index is 8.82. The zero-order valence-corrected chi connectivity index (χ0v) is 11.6. The van der Waals surface area contributed by atoms with Gasteiger partial charge in [-0.1, -0.05) is 51.3 Å². The van der Waals surface area contributed by atoms with E-state index in [0.717, 1.165) is 18.4 Å². The normalized spacial score (nSPS) is 11.3.